The Morgan fingerprint density at radius 1 is 1.17 bits per heavy atom. The maximum absolute atomic E-state index is 11.3. The van der Waals surface area contributed by atoms with E-state index in [4.69, 9.17) is 5.73 Å². The second-order valence-corrected chi connectivity index (χ2v) is 4.25. The molecular weight excluding hydrogens is 228 g/mol. The van der Waals surface area contributed by atoms with Crippen molar-refractivity contribution in [1.29, 1.82) is 0 Å². The van der Waals surface area contributed by atoms with Crippen LogP contribution in [0.5, 0.6) is 0 Å². The number of allylic oxidation sites excluding steroid dienone is 2. The van der Waals surface area contributed by atoms with Crippen molar-refractivity contribution in [3.8, 4) is 0 Å². The number of hydrogen-bond donors (Lipinski definition) is 1. The molecule has 18 heavy (non-hydrogen) atoms. The molecule has 0 unspecified atom stereocenters. The minimum Gasteiger partial charge on any atom is -0.402 e. The standard InChI is InChI=1S/C14H14N2O2/c1-9(10(2)15)12-8-7-11-5-3-4-6-13(11)14(12)16(17)18/h3-8H,15H2,1-2H3. The normalized spacial score (nSPS) is 12.3. The number of fused-ring (bicyclic) bond motifs is 1. The highest BCUT2D eigenvalue weighted by atomic mass is 16.6. The molecule has 0 fully saturated rings. The van der Waals surface area contributed by atoms with Crippen molar-refractivity contribution >= 4 is 22.0 Å². The summed E-state index contributed by atoms with van der Waals surface area (Å²) in [6.07, 6.45) is 0. The summed E-state index contributed by atoms with van der Waals surface area (Å²) in [5, 5.41) is 12.8. The number of benzene rings is 2. The molecular formula is C14H14N2O2. The molecule has 4 nitrogen and oxygen atoms in total. The zero-order valence-corrected chi connectivity index (χ0v) is 10.3. The molecule has 0 amide bonds. The summed E-state index contributed by atoms with van der Waals surface area (Å²) >= 11 is 0. The number of rotatable bonds is 2. The average molecular weight is 242 g/mol. The molecule has 0 spiro atoms. The fourth-order valence-electron chi connectivity index (χ4n) is 1.97. The van der Waals surface area contributed by atoms with Crippen LogP contribution in [0.1, 0.15) is 19.4 Å². The molecule has 0 aromatic heterocycles. The van der Waals surface area contributed by atoms with Crippen LogP contribution >= 0.6 is 0 Å². The van der Waals surface area contributed by atoms with E-state index in [1.807, 2.05) is 18.2 Å². The summed E-state index contributed by atoms with van der Waals surface area (Å²) in [6, 6.07) is 10.9. The zero-order valence-electron chi connectivity index (χ0n) is 10.3. The largest absolute Gasteiger partial charge is 0.402 e. The Kier molecular flexibility index (Phi) is 3.02. The third-order valence-corrected chi connectivity index (χ3v) is 3.08. The first kappa shape index (κ1) is 12.1. The van der Waals surface area contributed by atoms with Crippen LogP contribution in [0.25, 0.3) is 16.3 Å². The number of nitrogens with two attached hydrogens (primary N) is 1. The Hall–Kier alpha value is -2.36. The number of nitro groups is 1. The predicted molar refractivity (Wildman–Crippen MR) is 73.1 cm³/mol. The van der Waals surface area contributed by atoms with Crippen molar-refractivity contribution in [3.05, 3.63) is 57.8 Å². The Morgan fingerprint density at radius 2 is 1.83 bits per heavy atom. The molecule has 92 valence electrons. The van der Waals surface area contributed by atoms with Crippen molar-refractivity contribution in [3.63, 3.8) is 0 Å². The number of nitro benzene ring substituents is 1. The van der Waals surface area contributed by atoms with Crippen LogP contribution in [-0.4, -0.2) is 4.92 Å². The van der Waals surface area contributed by atoms with Crippen LogP contribution in [0.2, 0.25) is 0 Å². The fraction of sp³-hybridized carbons (Fsp3) is 0.143. The van der Waals surface area contributed by atoms with E-state index in [1.54, 1.807) is 32.0 Å². The Labute approximate surface area is 105 Å². The van der Waals surface area contributed by atoms with E-state index < -0.39 is 0 Å². The van der Waals surface area contributed by atoms with Gasteiger partial charge in [0.2, 0.25) is 0 Å². The highest BCUT2D eigenvalue weighted by molar-refractivity contribution is 5.96. The highest BCUT2D eigenvalue weighted by Crippen LogP contribution is 2.34. The molecule has 2 aromatic carbocycles. The van der Waals surface area contributed by atoms with Gasteiger partial charge in [-0.2, -0.15) is 0 Å². The number of nitrogens with zero attached hydrogens (tertiary/aromatic N) is 1. The molecule has 2 N–H and O–H groups in total. The summed E-state index contributed by atoms with van der Waals surface area (Å²) in [7, 11) is 0. The van der Waals surface area contributed by atoms with Crippen molar-refractivity contribution < 1.29 is 4.92 Å². The molecule has 0 aliphatic heterocycles. The quantitative estimate of drug-likeness (QED) is 0.647. The van der Waals surface area contributed by atoms with Gasteiger partial charge in [-0.1, -0.05) is 24.3 Å². The summed E-state index contributed by atoms with van der Waals surface area (Å²) < 4.78 is 0. The molecule has 0 atom stereocenters. The van der Waals surface area contributed by atoms with E-state index in [-0.39, 0.29) is 10.6 Å². The van der Waals surface area contributed by atoms with Gasteiger partial charge in [-0.3, -0.25) is 10.1 Å². The van der Waals surface area contributed by atoms with E-state index in [9.17, 15) is 10.1 Å². The van der Waals surface area contributed by atoms with Gasteiger partial charge < -0.3 is 5.73 Å². The lowest BCUT2D eigenvalue weighted by molar-refractivity contribution is -0.383. The lowest BCUT2D eigenvalue weighted by Gasteiger charge is -2.08. The lowest BCUT2D eigenvalue weighted by Crippen LogP contribution is -2.00. The molecule has 2 aromatic rings. The van der Waals surface area contributed by atoms with Gasteiger partial charge in [0.1, 0.15) is 0 Å². The molecule has 0 heterocycles. The Morgan fingerprint density at radius 3 is 2.44 bits per heavy atom. The van der Waals surface area contributed by atoms with Crippen molar-refractivity contribution in [2.75, 3.05) is 0 Å². The molecule has 0 bridgehead atoms. The fourth-order valence-corrected chi connectivity index (χ4v) is 1.97. The van der Waals surface area contributed by atoms with E-state index >= 15 is 0 Å². The van der Waals surface area contributed by atoms with E-state index in [0.717, 1.165) is 11.0 Å². The molecule has 0 saturated carbocycles. The molecule has 0 aliphatic carbocycles. The van der Waals surface area contributed by atoms with Crippen LogP contribution in [0.3, 0.4) is 0 Å². The van der Waals surface area contributed by atoms with E-state index in [1.165, 1.54) is 0 Å². The lowest BCUT2D eigenvalue weighted by atomic mass is 9.98. The molecule has 2 rings (SSSR count). The first-order valence-electron chi connectivity index (χ1n) is 5.62. The number of hydrogen-bond acceptors (Lipinski definition) is 3. The van der Waals surface area contributed by atoms with Crippen LogP contribution < -0.4 is 5.73 Å². The Bertz CT molecular complexity index is 656. The average Bonchev–Trinajstić information content (AvgIpc) is 2.36. The third kappa shape index (κ3) is 1.93. The highest BCUT2D eigenvalue weighted by Gasteiger charge is 2.19. The van der Waals surface area contributed by atoms with Gasteiger partial charge in [0.15, 0.2) is 0 Å². The first-order valence-corrected chi connectivity index (χ1v) is 5.62. The van der Waals surface area contributed by atoms with Gasteiger partial charge in [0.25, 0.3) is 5.69 Å². The molecule has 0 saturated heterocycles. The van der Waals surface area contributed by atoms with Crippen molar-refractivity contribution in [2.24, 2.45) is 5.73 Å². The van der Waals surface area contributed by atoms with Gasteiger partial charge in [-0.05, 0) is 36.9 Å². The van der Waals surface area contributed by atoms with Gasteiger partial charge >= 0.3 is 0 Å². The summed E-state index contributed by atoms with van der Waals surface area (Å²) in [6.45, 7) is 3.54. The smallest absolute Gasteiger partial charge is 0.284 e. The van der Waals surface area contributed by atoms with Gasteiger partial charge in [-0.15, -0.1) is 0 Å². The minimum absolute atomic E-state index is 0.121. The second-order valence-electron chi connectivity index (χ2n) is 4.25. The third-order valence-electron chi connectivity index (χ3n) is 3.08. The first-order chi connectivity index (χ1) is 8.52. The Balaban J connectivity index is 2.88. The molecule has 4 heteroatoms. The minimum atomic E-state index is -0.343. The van der Waals surface area contributed by atoms with E-state index in [0.29, 0.717) is 16.6 Å². The summed E-state index contributed by atoms with van der Waals surface area (Å²) in [5.41, 5.74) is 7.78. The van der Waals surface area contributed by atoms with Crippen LogP contribution in [0, 0.1) is 10.1 Å². The maximum atomic E-state index is 11.3. The second kappa shape index (κ2) is 4.49. The zero-order chi connectivity index (χ0) is 13.3. The van der Waals surface area contributed by atoms with Crippen molar-refractivity contribution in [2.45, 2.75) is 13.8 Å². The van der Waals surface area contributed by atoms with Crippen LogP contribution in [0.15, 0.2) is 42.1 Å². The van der Waals surface area contributed by atoms with Gasteiger partial charge in [-0.25, -0.2) is 0 Å². The van der Waals surface area contributed by atoms with Gasteiger partial charge in [0, 0.05) is 5.70 Å². The van der Waals surface area contributed by atoms with Gasteiger partial charge in [0.05, 0.1) is 15.9 Å². The maximum Gasteiger partial charge on any atom is 0.284 e. The van der Waals surface area contributed by atoms with E-state index in [2.05, 4.69) is 0 Å². The monoisotopic (exact) mass is 242 g/mol. The summed E-state index contributed by atoms with van der Waals surface area (Å²) in [4.78, 5) is 11.0. The molecule has 0 radical (unpaired) electrons. The van der Waals surface area contributed by atoms with Crippen LogP contribution in [0.4, 0.5) is 5.69 Å². The van der Waals surface area contributed by atoms with Crippen molar-refractivity contribution in [1.82, 2.24) is 0 Å². The van der Waals surface area contributed by atoms with Crippen LogP contribution in [-0.2, 0) is 0 Å². The molecule has 0 aliphatic rings. The summed E-state index contributed by atoms with van der Waals surface area (Å²) in [5.74, 6) is 0. The SMILES string of the molecule is CC(N)=C(C)c1ccc2ccccc2c1[N+](=O)[O-]. The predicted octanol–water partition coefficient (Wildman–Crippen LogP) is 3.46. The topological polar surface area (TPSA) is 69.2 Å².